The second-order valence-corrected chi connectivity index (χ2v) is 17.8. The fourth-order valence-corrected chi connectivity index (χ4v) is 5.50. The lowest BCUT2D eigenvalue weighted by Gasteiger charge is -2.35. The Morgan fingerprint density at radius 2 is 1.69 bits per heavy atom. The number of benzene rings is 1. The molecule has 17 heteroatoms. The fraction of sp³-hybridized carbons (Fsp3) is 0.579. The Hall–Kier alpha value is -3.69. The minimum absolute atomic E-state index is 0.195. The van der Waals surface area contributed by atoms with E-state index in [-0.39, 0.29) is 13.2 Å². The van der Waals surface area contributed by atoms with E-state index in [0.29, 0.717) is 24.1 Å². The molecule has 3 rings (SSSR count). The Morgan fingerprint density at radius 1 is 1.02 bits per heavy atom. The number of hydrogen-bond donors (Lipinski definition) is 3. The van der Waals surface area contributed by atoms with Gasteiger partial charge in [-0.1, -0.05) is 79.0 Å². The van der Waals surface area contributed by atoms with Crippen molar-refractivity contribution in [2.45, 2.75) is 102 Å². The molecule has 3 N–H and O–H groups in total. The molecule has 3 unspecified atom stereocenters. The third-order valence-corrected chi connectivity index (χ3v) is 8.62. The van der Waals surface area contributed by atoms with Crippen molar-refractivity contribution in [2.75, 3.05) is 26.9 Å². The number of carbonyl (C=O) groups excluding carboxylic acids is 5. The van der Waals surface area contributed by atoms with E-state index in [4.69, 9.17) is 58.7 Å². The number of fused-ring (bicyclic) bond motifs is 1. The summed E-state index contributed by atoms with van der Waals surface area (Å²) in [6.07, 6.45) is 2.48. The predicted octanol–water partition coefficient (Wildman–Crippen LogP) is 5.97. The lowest BCUT2D eigenvalue weighted by atomic mass is 9.92. The molecule has 0 spiro atoms. The highest BCUT2D eigenvalue weighted by Gasteiger charge is 2.38. The van der Waals surface area contributed by atoms with Crippen LogP contribution in [0.4, 0.5) is 4.79 Å². The molecule has 3 amide bonds. The molecule has 0 bridgehead atoms. The zero-order valence-corrected chi connectivity index (χ0v) is 34.9. The number of aromatic nitrogens is 1. The molecule has 1 aromatic heterocycles. The third-order valence-electron chi connectivity index (χ3n) is 8.29. The van der Waals surface area contributed by atoms with Crippen LogP contribution in [0.3, 0.4) is 0 Å². The van der Waals surface area contributed by atoms with Crippen molar-refractivity contribution in [2.24, 2.45) is 11.3 Å². The molecule has 0 saturated carbocycles. The molecule has 2 heterocycles. The van der Waals surface area contributed by atoms with Gasteiger partial charge < -0.3 is 29.6 Å². The molecule has 4 atom stereocenters. The predicted molar refractivity (Wildman–Crippen MR) is 210 cm³/mol. The maximum Gasteiger partial charge on any atom is 0.408 e. The van der Waals surface area contributed by atoms with E-state index in [0.717, 1.165) is 10.9 Å². The van der Waals surface area contributed by atoms with Crippen molar-refractivity contribution < 1.29 is 42.9 Å². The van der Waals surface area contributed by atoms with Crippen molar-refractivity contribution >= 4 is 81.6 Å². The number of hydrazine groups is 1. The van der Waals surface area contributed by atoms with Gasteiger partial charge in [-0.05, 0) is 78.0 Å². The average Bonchev–Trinajstić information content (AvgIpc) is 3.09. The second kappa shape index (κ2) is 19.4. The van der Waals surface area contributed by atoms with E-state index in [1.54, 1.807) is 60.6 Å². The van der Waals surface area contributed by atoms with Crippen LogP contribution >= 0.6 is 34.8 Å². The summed E-state index contributed by atoms with van der Waals surface area (Å²) in [5, 5.41) is 7.55. The quantitative estimate of drug-likeness (QED) is 0.116. The minimum atomic E-state index is -1.79. The zero-order chi connectivity index (χ0) is 41.3. The van der Waals surface area contributed by atoms with Crippen molar-refractivity contribution in [3.63, 3.8) is 0 Å². The van der Waals surface area contributed by atoms with Crippen LogP contribution in [0.1, 0.15) is 85.5 Å². The maximum absolute atomic E-state index is 13.6. The lowest BCUT2D eigenvalue weighted by Crippen LogP contribution is -2.61. The summed E-state index contributed by atoms with van der Waals surface area (Å²) in [7, 11) is 1.37. The van der Waals surface area contributed by atoms with Gasteiger partial charge in [0.05, 0.1) is 29.3 Å². The van der Waals surface area contributed by atoms with Crippen LogP contribution in [0.25, 0.3) is 17.0 Å². The number of nitrogens with one attached hydrogen (secondary N) is 3. The molecule has 1 aromatic carbocycles. The van der Waals surface area contributed by atoms with E-state index < -0.39 is 81.4 Å². The van der Waals surface area contributed by atoms with Gasteiger partial charge in [0.25, 0.3) is 11.8 Å². The fourth-order valence-electron chi connectivity index (χ4n) is 5.34. The highest BCUT2D eigenvalue weighted by Crippen LogP contribution is 2.27. The lowest BCUT2D eigenvalue weighted by molar-refractivity contribution is -0.165. The normalized spacial score (nSPS) is 17.0. The van der Waals surface area contributed by atoms with Crippen LogP contribution in [-0.2, 0) is 38.1 Å². The molecule has 0 aliphatic carbocycles. The topological polar surface area (TPSA) is 174 Å². The summed E-state index contributed by atoms with van der Waals surface area (Å²) in [6.45, 7) is 13.5. The maximum atomic E-state index is 13.6. The number of pyridine rings is 1. The van der Waals surface area contributed by atoms with Gasteiger partial charge in [0.2, 0.25) is 3.79 Å². The van der Waals surface area contributed by atoms with Crippen LogP contribution < -0.4 is 16.1 Å². The molecule has 1 saturated heterocycles. The number of esters is 2. The van der Waals surface area contributed by atoms with Crippen LogP contribution in [0.15, 0.2) is 36.4 Å². The first-order valence-corrected chi connectivity index (χ1v) is 19.0. The number of alkyl halides is 3. The van der Waals surface area contributed by atoms with Gasteiger partial charge in [-0.15, -0.1) is 0 Å². The molecule has 1 aliphatic rings. The van der Waals surface area contributed by atoms with Crippen molar-refractivity contribution in [1.29, 1.82) is 0 Å². The van der Waals surface area contributed by atoms with E-state index in [1.165, 1.54) is 12.1 Å². The Bertz CT molecular complexity index is 1730. The summed E-state index contributed by atoms with van der Waals surface area (Å²) in [5.41, 5.74) is 3.11. The first kappa shape index (κ1) is 45.7. The van der Waals surface area contributed by atoms with Crippen LogP contribution in [0, 0.1) is 11.3 Å². The zero-order valence-electron chi connectivity index (χ0n) is 32.7. The van der Waals surface area contributed by atoms with E-state index >= 15 is 0 Å². The third kappa shape index (κ3) is 14.4. The molecular weight excluding hydrogens is 777 g/mol. The van der Waals surface area contributed by atoms with Gasteiger partial charge in [-0.3, -0.25) is 29.2 Å². The van der Waals surface area contributed by atoms with Gasteiger partial charge in [0, 0.05) is 19.0 Å². The monoisotopic (exact) mass is 827 g/mol. The largest absolute Gasteiger partial charge is 0.460 e. The van der Waals surface area contributed by atoms with Gasteiger partial charge in [0.15, 0.2) is 6.10 Å². The van der Waals surface area contributed by atoms with Crippen molar-refractivity contribution in [3.8, 4) is 0 Å². The van der Waals surface area contributed by atoms with Crippen LogP contribution in [0.2, 0.25) is 0 Å². The number of rotatable bonds is 14. The van der Waals surface area contributed by atoms with Crippen molar-refractivity contribution in [1.82, 2.24) is 26.1 Å². The Balaban J connectivity index is 1.68. The van der Waals surface area contributed by atoms with Gasteiger partial charge >= 0.3 is 18.0 Å². The minimum Gasteiger partial charge on any atom is -0.460 e. The standard InChI is InChI=1S/C38H52Cl3N5O9/c1-22(2)30(31(47)44-29(20-52-9)32(48)46-18-10-11-27(45-46)33(49)53-21-38(39,40)41)54-34(50)37(7,8)17-16-24-12-13-25-14-15-26(43-28(25)19-24)23(3)42-35(51)55-36(4,5)6/h12-17,19,22-23,27,29-30,45H,10-11,18,20-21H2,1-9H3,(H,42,51)(H,44,47)/b17-16+/t23-,27?,29?,30?/m1/s1. The van der Waals surface area contributed by atoms with Crippen LogP contribution in [-0.4, -0.2) is 94.3 Å². The first-order chi connectivity index (χ1) is 25.5. The number of alkyl carbamates (subject to hydrolysis) is 1. The van der Waals surface area contributed by atoms with Crippen molar-refractivity contribution in [3.05, 3.63) is 47.7 Å². The average molecular weight is 829 g/mol. The summed E-state index contributed by atoms with van der Waals surface area (Å²) in [6, 6.07) is 6.92. The van der Waals surface area contributed by atoms with Gasteiger partial charge in [-0.25, -0.2) is 10.2 Å². The molecule has 1 aliphatic heterocycles. The number of nitrogens with zero attached hydrogens (tertiary/aromatic N) is 2. The van der Waals surface area contributed by atoms with E-state index in [2.05, 4.69) is 16.1 Å². The summed E-state index contributed by atoms with van der Waals surface area (Å²) >= 11 is 17.1. The summed E-state index contributed by atoms with van der Waals surface area (Å²) < 4.78 is 19.6. The van der Waals surface area contributed by atoms with E-state index in [9.17, 15) is 24.0 Å². The molecule has 55 heavy (non-hydrogen) atoms. The Labute approximate surface area is 337 Å². The Kier molecular flexibility index (Phi) is 16.2. The smallest absolute Gasteiger partial charge is 0.408 e. The number of carbonyl (C=O) groups is 5. The highest BCUT2D eigenvalue weighted by atomic mass is 35.6. The SMILES string of the molecule is COCC(NC(=O)C(OC(=O)C(C)(C)/C=C/c1ccc2ccc([C@@H](C)NC(=O)OC(C)(C)C)nc2c1)C(C)C)C(=O)N1CCCC(C(=O)OCC(Cl)(Cl)Cl)N1. The molecule has 304 valence electrons. The first-order valence-electron chi connectivity index (χ1n) is 17.9. The number of amides is 3. The van der Waals surface area contributed by atoms with Gasteiger partial charge in [-0.2, -0.15) is 0 Å². The summed E-state index contributed by atoms with van der Waals surface area (Å²) in [5.74, 6) is -3.09. The molecule has 14 nitrogen and oxygen atoms in total. The Morgan fingerprint density at radius 3 is 2.31 bits per heavy atom. The molecule has 0 radical (unpaired) electrons. The van der Waals surface area contributed by atoms with Gasteiger partial charge in [0.1, 0.15) is 24.3 Å². The molecule has 1 fully saturated rings. The number of hydrogen-bond acceptors (Lipinski definition) is 11. The highest BCUT2D eigenvalue weighted by molar-refractivity contribution is 6.67. The second-order valence-electron chi connectivity index (χ2n) is 15.2. The number of methoxy groups -OCH3 is 1. The number of ether oxygens (including phenoxy) is 4. The number of halogens is 3. The summed E-state index contributed by atoms with van der Waals surface area (Å²) in [4.78, 5) is 70.2. The van der Waals surface area contributed by atoms with E-state index in [1.807, 2.05) is 37.3 Å². The molecular formula is C38H52Cl3N5O9. The van der Waals surface area contributed by atoms with Crippen LogP contribution in [0.5, 0.6) is 0 Å². The molecule has 2 aromatic rings.